The van der Waals surface area contributed by atoms with Gasteiger partial charge in [-0.05, 0) is 38.8 Å². The van der Waals surface area contributed by atoms with E-state index < -0.39 is 11.2 Å². The molecule has 2 aromatic rings. The molecule has 0 spiro atoms. The molecule has 1 aromatic carbocycles. The summed E-state index contributed by atoms with van der Waals surface area (Å²) in [5.41, 5.74) is 2.07. The number of carbonyl (C=O) groups excluding carboxylic acids is 1. The van der Waals surface area contributed by atoms with Gasteiger partial charge in [-0.2, -0.15) is 0 Å². The van der Waals surface area contributed by atoms with Crippen LogP contribution in [-0.4, -0.2) is 15.3 Å². The zero-order chi connectivity index (χ0) is 19.9. The highest BCUT2D eigenvalue weighted by Crippen LogP contribution is 2.16. The molecule has 0 fully saturated rings. The first-order valence-electron chi connectivity index (χ1n) is 9.38. The molecular formula is C21H30N2O3. The number of hydrogen-bond acceptors (Lipinski definition) is 3. The maximum atomic E-state index is 13.1. The van der Waals surface area contributed by atoms with Gasteiger partial charge in [0.25, 0.3) is 5.56 Å². The van der Waals surface area contributed by atoms with E-state index in [0.29, 0.717) is 24.1 Å². The van der Waals surface area contributed by atoms with Crippen LogP contribution in [0.15, 0.2) is 27.8 Å². The zero-order valence-corrected chi connectivity index (χ0v) is 16.7. The standard InChI is InChI=1S/C19H24N2O3.C2H6/c1-5-7-8-21-16(15(6-2)18(23)20-19(21)24)17(22)14-10-12(3)9-13(4)11-14;1-2/h9-11H,5-8H2,1-4H3,(H,20,23,24);1-2H3. The SMILES string of the molecule is CC.CCCCn1c(C(=O)c2cc(C)cc(C)c2)c(CC)c(=O)[nH]c1=O. The third-order valence-corrected chi connectivity index (χ3v) is 4.08. The summed E-state index contributed by atoms with van der Waals surface area (Å²) in [5, 5.41) is 0. The summed E-state index contributed by atoms with van der Waals surface area (Å²) in [5.74, 6) is -0.266. The molecule has 0 atom stereocenters. The van der Waals surface area contributed by atoms with Crippen LogP contribution in [0.1, 0.15) is 73.3 Å². The van der Waals surface area contributed by atoms with Gasteiger partial charge in [-0.25, -0.2) is 4.79 Å². The van der Waals surface area contributed by atoms with Crippen molar-refractivity contribution in [2.75, 3.05) is 0 Å². The normalized spacial score (nSPS) is 10.2. The predicted octanol–water partition coefficient (Wildman–Crippen LogP) is 3.77. The molecule has 1 N–H and O–H groups in total. The highest BCUT2D eigenvalue weighted by molar-refractivity contribution is 6.09. The fourth-order valence-electron chi connectivity index (χ4n) is 2.97. The van der Waals surface area contributed by atoms with Crippen LogP contribution in [0.5, 0.6) is 0 Å². The van der Waals surface area contributed by atoms with Crippen LogP contribution in [0, 0.1) is 13.8 Å². The van der Waals surface area contributed by atoms with E-state index in [-0.39, 0.29) is 11.5 Å². The molecule has 5 heteroatoms. The Hall–Kier alpha value is -2.43. The smallest absolute Gasteiger partial charge is 0.290 e. The number of rotatable bonds is 6. The topological polar surface area (TPSA) is 71.9 Å². The number of hydrogen-bond donors (Lipinski definition) is 1. The Balaban J connectivity index is 0.00000163. The average Bonchev–Trinajstić information content (AvgIpc) is 2.60. The van der Waals surface area contributed by atoms with Gasteiger partial charge in [-0.15, -0.1) is 0 Å². The molecule has 1 heterocycles. The second-order valence-electron chi connectivity index (χ2n) is 6.15. The molecule has 0 saturated carbocycles. The van der Waals surface area contributed by atoms with Crippen molar-refractivity contribution in [3.8, 4) is 0 Å². The number of aromatic amines is 1. The summed E-state index contributed by atoms with van der Waals surface area (Å²) in [6.45, 7) is 12.1. The van der Waals surface area contributed by atoms with Crippen LogP contribution in [0.3, 0.4) is 0 Å². The monoisotopic (exact) mass is 358 g/mol. The molecule has 0 aliphatic rings. The molecule has 26 heavy (non-hydrogen) atoms. The largest absolute Gasteiger partial charge is 0.328 e. The van der Waals surface area contributed by atoms with Crippen molar-refractivity contribution in [1.29, 1.82) is 0 Å². The van der Waals surface area contributed by atoms with Crippen molar-refractivity contribution in [2.45, 2.75) is 67.3 Å². The van der Waals surface area contributed by atoms with E-state index in [9.17, 15) is 14.4 Å². The lowest BCUT2D eigenvalue weighted by molar-refractivity contribution is 0.102. The predicted molar refractivity (Wildman–Crippen MR) is 106 cm³/mol. The van der Waals surface area contributed by atoms with E-state index in [1.165, 1.54) is 4.57 Å². The van der Waals surface area contributed by atoms with Gasteiger partial charge in [0.1, 0.15) is 5.69 Å². The van der Waals surface area contributed by atoms with Crippen LogP contribution in [0.25, 0.3) is 0 Å². The van der Waals surface area contributed by atoms with Gasteiger partial charge in [-0.1, -0.05) is 51.3 Å². The van der Waals surface area contributed by atoms with E-state index in [1.54, 1.807) is 12.1 Å². The summed E-state index contributed by atoms with van der Waals surface area (Å²) in [7, 11) is 0. The summed E-state index contributed by atoms with van der Waals surface area (Å²) in [6, 6.07) is 5.58. The second kappa shape index (κ2) is 9.90. The molecular weight excluding hydrogens is 328 g/mol. The lowest BCUT2D eigenvalue weighted by Crippen LogP contribution is -2.37. The molecule has 0 radical (unpaired) electrons. The third-order valence-electron chi connectivity index (χ3n) is 4.08. The van der Waals surface area contributed by atoms with Crippen LogP contribution in [-0.2, 0) is 13.0 Å². The van der Waals surface area contributed by atoms with Crippen molar-refractivity contribution in [3.05, 3.63) is 67.0 Å². The van der Waals surface area contributed by atoms with Crippen molar-refractivity contribution >= 4 is 5.78 Å². The summed E-state index contributed by atoms with van der Waals surface area (Å²) in [6.07, 6.45) is 2.06. The first-order valence-corrected chi connectivity index (χ1v) is 9.38. The summed E-state index contributed by atoms with van der Waals surface area (Å²) in [4.78, 5) is 39.9. The van der Waals surface area contributed by atoms with E-state index in [2.05, 4.69) is 4.98 Å². The number of carbonyl (C=O) groups is 1. The Labute approximate surface area is 155 Å². The van der Waals surface area contributed by atoms with Crippen molar-refractivity contribution in [1.82, 2.24) is 9.55 Å². The van der Waals surface area contributed by atoms with Crippen LogP contribution in [0.4, 0.5) is 0 Å². The second-order valence-corrected chi connectivity index (χ2v) is 6.15. The van der Waals surface area contributed by atoms with Crippen molar-refractivity contribution < 1.29 is 4.79 Å². The lowest BCUT2D eigenvalue weighted by atomic mass is 9.99. The molecule has 1 aromatic heterocycles. The number of nitrogens with zero attached hydrogens (tertiary/aromatic N) is 1. The number of H-pyrrole nitrogens is 1. The van der Waals surface area contributed by atoms with Gasteiger partial charge in [-0.3, -0.25) is 19.1 Å². The minimum absolute atomic E-state index is 0.227. The maximum Gasteiger partial charge on any atom is 0.328 e. The minimum atomic E-state index is -0.515. The minimum Gasteiger partial charge on any atom is -0.290 e. The number of aryl methyl sites for hydroxylation is 2. The summed E-state index contributed by atoms with van der Waals surface area (Å²) < 4.78 is 1.42. The molecule has 0 saturated heterocycles. The quantitative estimate of drug-likeness (QED) is 0.799. The van der Waals surface area contributed by atoms with Gasteiger partial charge in [0.2, 0.25) is 5.78 Å². The first-order chi connectivity index (χ1) is 12.4. The van der Waals surface area contributed by atoms with Gasteiger partial charge >= 0.3 is 5.69 Å². The number of unbranched alkanes of at least 4 members (excludes halogenated alkanes) is 1. The first kappa shape index (κ1) is 21.6. The lowest BCUT2D eigenvalue weighted by Gasteiger charge is -2.15. The van der Waals surface area contributed by atoms with Crippen molar-refractivity contribution in [3.63, 3.8) is 0 Å². The molecule has 0 aliphatic heterocycles. The Morgan fingerprint density at radius 2 is 1.62 bits per heavy atom. The van der Waals surface area contributed by atoms with Crippen LogP contribution >= 0.6 is 0 Å². The molecule has 0 unspecified atom stereocenters. The van der Waals surface area contributed by atoms with Gasteiger partial charge < -0.3 is 0 Å². The van der Waals surface area contributed by atoms with E-state index in [0.717, 1.165) is 24.0 Å². The third kappa shape index (κ3) is 4.81. The van der Waals surface area contributed by atoms with Crippen LogP contribution in [0.2, 0.25) is 0 Å². The molecule has 0 amide bonds. The maximum absolute atomic E-state index is 13.1. The van der Waals surface area contributed by atoms with Gasteiger partial charge in [0.05, 0.1) is 0 Å². The molecule has 2 rings (SSSR count). The number of benzene rings is 1. The Morgan fingerprint density at radius 1 is 1.04 bits per heavy atom. The Morgan fingerprint density at radius 3 is 2.12 bits per heavy atom. The van der Waals surface area contributed by atoms with E-state index in [4.69, 9.17) is 0 Å². The van der Waals surface area contributed by atoms with Crippen molar-refractivity contribution in [2.24, 2.45) is 0 Å². The van der Waals surface area contributed by atoms with E-state index >= 15 is 0 Å². The molecule has 0 aliphatic carbocycles. The van der Waals surface area contributed by atoms with Crippen LogP contribution < -0.4 is 11.2 Å². The fraction of sp³-hybridized carbons (Fsp3) is 0.476. The zero-order valence-electron chi connectivity index (χ0n) is 16.7. The number of nitrogens with one attached hydrogen (secondary N) is 1. The molecule has 142 valence electrons. The van der Waals surface area contributed by atoms with Gasteiger partial charge in [0.15, 0.2) is 0 Å². The number of ketones is 1. The Kier molecular flexibility index (Phi) is 8.23. The summed E-state index contributed by atoms with van der Waals surface area (Å²) >= 11 is 0. The molecule has 0 bridgehead atoms. The Bertz CT molecular complexity index is 856. The van der Waals surface area contributed by atoms with E-state index in [1.807, 2.05) is 47.6 Å². The molecule has 5 nitrogen and oxygen atoms in total. The highest BCUT2D eigenvalue weighted by Gasteiger charge is 2.21. The highest BCUT2D eigenvalue weighted by atomic mass is 16.2. The number of aromatic nitrogens is 2. The fourth-order valence-corrected chi connectivity index (χ4v) is 2.97. The average molecular weight is 358 g/mol. The van der Waals surface area contributed by atoms with Gasteiger partial charge in [0, 0.05) is 17.7 Å².